The van der Waals surface area contributed by atoms with Crippen LogP contribution in [0.5, 0.6) is 0 Å². The van der Waals surface area contributed by atoms with Crippen molar-refractivity contribution < 1.29 is 19.4 Å². The van der Waals surface area contributed by atoms with Gasteiger partial charge in [0.25, 0.3) is 5.72 Å². The van der Waals surface area contributed by atoms with Crippen LogP contribution < -0.4 is 5.32 Å². The summed E-state index contributed by atoms with van der Waals surface area (Å²) in [6.45, 7) is 0. The van der Waals surface area contributed by atoms with Crippen molar-refractivity contribution in [2.75, 3.05) is 7.11 Å². The number of rotatable bonds is 4. The van der Waals surface area contributed by atoms with Gasteiger partial charge in [-0.05, 0) is 11.6 Å². The molecule has 2 N–H and O–H groups in total. The number of carbonyl (C=O) groups excluding carboxylic acids is 2. The normalized spacial score (nSPS) is 18.3. The Hall–Kier alpha value is -4.19. The molecule has 132 valence electrons. The Morgan fingerprint density at radius 3 is 2.33 bits per heavy atom. The number of hydrogen-bond donors (Lipinski definition) is 2. The van der Waals surface area contributed by atoms with Gasteiger partial charge in [0.05, 0.1) is 24.0 Å². The number of esters is 1. The summed E-state index contributed by atoms with van der Waals surface area (Å²) in [6.07, 6.45) is 2.50. The average molecular weight is 360 g/mol. The maximum absolute atomic E-state index is 12.7. The Morgan fingerprint density at radius 1 is 1.19 bits per heavy atom. The van der Waals surface area contributed by atoms with Crippen LogP contribution in [0, 0.1) is 34.0 Å². The van der Waals surface area contributed by atoms with E-state index >= 15 is 0 Å². The van der Waals surface area contributed by atoms with Crippen LogP contribution in [0.3, 0.4) is 0 Å². The van der Waals surface area contributed by atoms with E-state index in [9.17, 15) is 20.0 Å². The second-order valence-corrected chi connectivity index (χ2v) is 5.27. The van der Waals surface area contributed by atoms with E-state index in [0.29, 0.717) is 5.56 Å². The predicted molar refractivity (Wildman–Crippen MR) is 91.5 cm³/mol. The minimum Gasteiger partial charge on any atom is -0.465 e. The van der Waals surface area contributed by atoms with Crippen LogP contribution in [0.4, 0.5) is 0 Å². The first kappa shape index (κ1) is 19.1. The Morgan fingerprint density at radius 2 is 1.81 bits per heavy atom. The molecule has 1 aromatic rings. The lowest BCUT2D eigenvalue weighted by atomic mass is 9.96. The van der Waals surface area contributed by atoms with Crippen molar-refractivity contribution in [1.82, 2.24) is 5.32 Å². The van der Waals surface area contributed by atoms with Gasteiger partial charge in [-0.15, -0.1) is 0 Å². The predicted octanol–water partition coefficient (Wildman–Crippen LogP) is 0.855. The van der Waals surface area contributed by atoms with Gasteiger partial charge in [0.1, 0.15) is 18.2 Å². The summed E-state index contributed by atoms with van der Waals surface area (Å²) < 4.78 is 4.51. The highest BCUT2D eigenvalue weighted by Crippen LogP contribution is 2.34. The molecule has 1 aromatic carbocycles. The number of aliphatic hydroxyl groups is 1. The summed E-state index contributed by atoms with van der Waals surface area (Å²) in [4.78, 5) is 24.8. The highest BCUT2D eigenvalue weighted by molar-refractivity contribution is 6.14. The quantitative estimate of drug-likeness (QED) is 0.456. The third kappa shape index (κ3) is 3.45. The van der Waals surface area contributed by atoms with Crippen molar-refractivity contribution in [2.24, 2.45) is 0 Å². The molecule has 0 bridgehead atoms. The Bertz CT molecular complexity index is 1000. The van der Waals surface area contributed by atoms with E-state index in [1.165, 1.54) is 6.08 Å². The second kappa shape index (κ2) is 7.79. The van der Waals surface area contributed by atoms with Crippen LogP contribution in [0.15, 0.2) is 58.8 Å². The van der Waals surface area contributed by atoms with Crippen LogP contribution >= 0.6 is 0 Å². The molecule has 0 saturated heterocycles. The van der Waals surface area contributed by atoms with E-state index in [1.54, 1.807) is 48.5 Å². The van der Waals surface area contributed by atoms with Gasteiger partial charge in [0.2, 0.25) is 0 Å². The summed E-state index contributed by atoms with van der Waals surface area (Å²) in [5.41, 5.74) is -4.11. The zero-order valence-corrected chi connectivity index (χ0v) is 14.1. The summed E-state index contributed by atoms with van der Waals surface area (Å²) in [7, 11) is 0.979. The van der Waals surface area contributed by atoms with Gasteiger partial charge in [-0.2, -0.15) is 15.8 Å². The molecule has 0 radical (unpaired) electrons. The van der Waals surface area contributed by atoms with Gasteiger partial charge in [-0.1, -0.05) is 36.4 Å². The lowest BCUT2D eigenvalue weighted by Crippen LogP contribution is -2.51. The molecule has 8 heteroatoms. The van der Waals surface area contributed by atoms with Crippen LogP contribution in [0.2, 0.25) is 0 Å². The van der Waals surface area contributed by atoms with Gasteiger partial charge < -0.3 is 15.2 Å². The van der Waals surface area contributed by atoms with Gasteiger partial charge in [0.15, 0.2) is 11.4 Å². The van der Waals surface area contributed by atoms with Crippen LogP contribution in [-0.4, -0.2) is 29.7 Å². The van der Waals surface area contributed by atoms with Crippen molar-refractivity contribution in [1.29, 1.82) is 15.8 Å². The molecule has 27 heavy (non-hydrogen) atoms. The molecular weight excluding hydrogens is 348 g/mol. The number of carbonyl (C=O) groups is 2. The summed E-state index contributed by atoms with van der Waals surface area (Å²) in [6, 6.07) is 13.5. The number of ether oxygens (including phenoxy) is 1. The van der Waals surface area contributed by atoms with Gasteiger partial charge >= 0.3 is 5.97 Å². The zero-order chi connectivity index (χ0) is 20.0. The monoisotopic (exact) mass is 360 g/mol. The molecule has 0 saturated carbocycles. The van der Waals surface area contributed by atoms with Gasteiger partial charge in [-0.3, -0.25) is 4.79 Å². The van der Waals surface area contributed by atoms with Crippen LogP contribution in [0.1, 0.15) is 5.56 Å². The van der Waals surface area contributed by atoms with E-state index in [2.05, 4.69) is 10.1 Å². The Balaban J connectivity index is 2.65. The van der Waals surface area contributed by atoms with Crippen molar-refractivity contribution in [3.8, 4) is 18.2 Å². The molecule has 1 aliphatic rings. The summed E-state index contributed by atoms with van der Waals surface area (Å²) >= 11 is 0. The van der Waals surface area contributed by atoms with E-state index < -0.39 is 39.9 Å². The lowest BCUT2D eigenvalue weighted by Gasteiger charge is -2.22. The first-order chi connectivity index (χ1) is 12.9. The number of allylic oxidation sites excluding steroid dienone is 3. The first-order valence-corrected chi connectivity index (χ1v) is 7.49. The minimum absolute atomic E-state index is 0.410. The number of nitrogens with one attached hydrogen (secondary N) is 1. The largest absolute Gasteiger partial charge is 0.465 e. The third-order valence-electron chi connectivity index (χ3n) is 3.71. The first-order valence-electron chi connectivity index (χ1n) is 7.49. The highest BCUT2D eigenvalue weighted by Gasteiger charge is 2.52. The Labute approximate surface area is 154 Å². The lowest BCUT2D eigenvalue weighted by molar-refractivity contribution is -0.160. The van der Waals surface area contributed by atoms with Gasteiger partial charge in [0, 0.05) is 0 Å². The van der Waals surface area contributed by atoms with Crippen molar-refractivity contribution in [3.63, 3.8) is 0 Å². The van der Waals surface area contributed by atoms with E-state index in [0.717, 1.165) is 13.2 Å². The standard InChI is InChI=1S/C19H12N4O4/c1-27-18(25)19(26)16(14(11-22)17(23-19)13(9-20)10-21)15(24)8-7-12-5-3-2-4-6-12/h2-8,23,26H,1H3. The molecule has 0 spiro atoms. The molecule has 0 fully saturated rings. The molecule has 0 amide bonds. The smallest absolute Gasteiger partial charge is 0.364 e. The fourth-order valence-corrected chi connectivity index (χ4v) is 2.47. The molecule has 8 nitrogen and oxygen atoms in total. The van der Waals surface area contributed by atoms with E-state index in [4.69, 9.17) is 10.5 Å². The van der Waals surface area contributed by atoms with Crippen molar-refractivity contribution in [3.05, 3.63) is 64.4 Å². The zero-order valence-electron chi connectivity index (χ0n) is 14.1. The number of methoxy groups -OCH3 is 1. The molecule has 2 rings (SSSR count). The molecule has 1 unspecified atom stereocenters. The Kier molecular flexibility index (Phi) is 5.53. The fourth-order valence-electron chi connectivity index (χ4n) is 2.47. The maximum atomic E-state index is 12.7. The number of hydrogen-bond acceptors (Lipinski definition) is 8. The highest BCUT2D eigenvalue weighted by atomic mass is 16.5. The second-order valence-electron chi connectivity index (χ2n) is 5.27. The van der Waals surface area contributed by atoms with Crippen molar-refractivity contribution >= 4 is 17.8 Å². The topological polar surface area (TPSA) is 147 Å². The molecule has 1 atom stereocenters. The fraction of sp³-hybridized carbons (Fsp3) is 0.105. The van der Waals surface area contributed by atoms with E-state index in [-0.39, 0.29) is 0 Å². The number of nitrogens with zero attached hydrogens (tertiary/aromatic N) is 3. The summed E-state index contributed by atoms with van der Waals surface area (Å²) in [5.74, 6) is -2.13. The SMILES string of the molecule is COC(=O)C1(O)NC(=C(C#N)C#N)C(C#N)=C1C(=O)C=Cc1ccccc1. The summed E-state index contributed by atoms with van der Waals surface area (Å²) in [5, 5.41) is 40.4. The maximum Gasteiger partial charge on any atom is 0.364 e. The molecule has 1 heterocycles. The van der Waals surface area contributed by atoms with Crippen LogP contribution in [0.25, 0.3) is 6.08 Å². The molecule has 1 aliphatic heterocycles. The molecular formula is C19H12N4O4. The third-order valence-corrected chi connectivity index (χ3v) is 3.71. The average Bonchev–Trinajstić information content (AvgIpc) is 3.00. The minimum atomic E-state index is -2.70. The number of ketones is 1. The molecule has 0 aliphatic carbocycles. The molecule has 0 aromatic heterocycles. The van der Waals surface area contributed by atoms with Crippen molar-refractivity contribution in [2.45, 2.75) is 5.72 Å². The number of benzene rings is 1. The van der Waals surface area contributed by atoms with Gasteiger partial charge in [-0.25, -0.2) is 4.79 Å². The van der Waals surface area contributed by atoms with E-state index in [1.807, 2.05) is 0 Å². The number of nitriles is 3. The van der Waals surface area contributed by atoms with Crippen LogP contribution in [-0.2, 0) is 14.3 Å².